The second-order valence-corrected chi connectivity index (χ2v) is 10.5. The molecule has 2 aliphatic heterocycles. The van der Waals surface area contributed by atoms with E-state index in [0.29, 0.717) is 74.8 Å². The molecule has 2 saturated heterocycles. The van der Waals surface area contributed by atoms with Gasteiger partial charge >= 0.3 is 0 Å². The Morgan fingerprint density at radius 3 is 2.60 bits per heavy atom. The molecule has 3 aliphatic rings. The van der Waals surface area contributed by atoms with Crippen LogP contribution in [0.5, 0.6) is 5.88 Å². The number of morpholine rings is 1. The summed E-state index contributed by atoms with van der Waals surface area (Å²) >= 11 is 0. The van der Waals surface area contributed by atoms with Gasteiger partial charge < -0.3 is 25.0 Å². The number of para-hydroxylation sites is 2. The molecule has 10 nitrogen and oxygen atoms in total. The average molecular weight is 560 g/mol. The molecule has 1 aliphatic carbocycles. The smallest absolute Gasteiger partial charge is 0.296 e. The van der Waals surface area contributed by atoms with Crippen LogP contribution in [0.4, 0.5) is 19.1 Å². The van der Waals surface area contributed by atoms with Crippen LogP contribution >= 0.6 is 0 Å². The van der Waals surface area contributed by atoms with Crippen molar-refractivity contribution in [2.24, 2.45) is 0 Å². The summed E-state index contributed by atoms with van der Waals surface area (Å²) in [4.78, 5) is 27.9. The van der Waals surface area contributed by atoms with Gasteiger partial charge in [0.25, 0.3) is 6.43 Å². The second kappa shape index (κ2) is 11.6. The van der Waals surface area contributed by atoms with E-state index in [0.717, 1.165) is 0 Å². The van der Waals surface area contributed by atoms with Crippen LogP contribution in [0.3, 0.4) is 0 Å². The van der Waals surface area contributed by atoms with Crippen molar-refractivity contribution in [2.45, 2.75) is 62.9 Å². The molecule has 2 aromatic heterocycles. The highest BCUT2D eigenvalue weighted by Gasteiger charge is 2.32. The number of nitrogens with zero attached hydrogens (tertiary/aromatic N) is 5. The standard InChI is InChI=1S/C27H32F3N7O3/c28-16-13-20(31-15-16)26(38)32-17-5-7-18(8-6-17)40-23-14-22(34-27(35-23)36-9-11-39-12-10-36)37-21-4-2-1-3-19(21)33-25(37)24(29)30/h1-4,14,16-18,20,24,31H,5-13,15H2,(H,32,38)/t16-,17?,18?,20-/m0/s1. The van der Waals surface area contributed by atoms with Gasteiger partial charge in [0.05, 0.1) is 30.3 Å². The van der Waals surface area contributed by atoms with E-state index < -0.39 is 24.5 Å². The van der Waals surface area contributed by atoms with Crippen molar-refractivity contribution >= 4 is 22.9 Å². The lowest BCUT2D eigenvalue weighted by Gasteiger charge is -2.31. The first-order chi connectivity index (χ1) is 19.4. The third kappa shape index (κ3) is 5.71. The summed E-state index contributed by atoms with van der Waals surface area (Å²) in [6.45, 7) is 2.37. The number of carbonyl (C=O) groups excluding carboxylic acids is 1. The molecule has 1 amide bonds. The highest BCUT2D eigenvalue weighted by molar-refractivity contribution is 5.82. The maximum absolute atomic E-state index is 14.1. The summed E-state index contributed by atoms with van der Waals surface area (Å²) in [5.41, 5.74) is 0.962. The number of carbonyl (C=O) groups is 1. The second-order valence-electron chi connectivity index (χ2n) is 10.5. The first-order valence-corrected chi connectivity index (χ1v) is 13.8. The number of halogens is 3. The summed E-state index contributed by atoms with van der Waals surface area (Å²) in [5.74, 6) is 0.367. The molecule has 13 heteroatoms. The molecular weight excluding hydrogens is 527 g/mol. The number of nitrogens with one attached hydrogen (secondary N) is 2. The Morgan fingerprint density at radius 2 is 1.88 bits per heavy atom. The van der Waals surface area contributed by atoms with Crippen LogP contribution in [0.1, 0.15) is 44.4 Å². The first kappa shape index (κ1) is 26.8. The van der Waals surface area contributed by atoms with Crippen molar-refractivity contribution < 1.29 is 27.4 Å². The van der Waals surface area contributed by atoms with Crippen LogP contribution in [0.15, 0.2) is 30.3 Å². The average Bonchev–Trinajstić information content (AvgIpc) is 3.58. The molecule has 40 heavy (non-hydrogen) atoms. The molecule has 3 aromatic rings. The SMILES string of the molecule is O=C(NC1CCC(Oc2cc(-n3c(C(F)F)nc4ccccc43)nc(N3CCOCC3)n2)CC1)[C@@H]1C[C@H](F)CN1. The zero-order valence-electron chi connectivity index (χ0n) is 21.9. The molecule has 6 rings (SSSR count). The lowest BCUT2D eigenvalue weighted by Crippen LogP contribution is -2.47. The molecule has 0 radical (unpaired) electrons. The number of anilines is 1. The first-order valence-electron chi connectivity index (χ1n) is 13.8. The summed E-state index contributed by atoms with van der Waals surface area (Å²) in [6, 6.07) is 8.03. The molecule has 2 N–H and O–H groups in total. The number of fused-ring (bicyclic) bond motifs is 1. The molecular formula is C27H32F3N7O3. The molecule has 0 unspecified atom stereocenters. The molecule has 1 saturated carbocycles. The highest BCUT2D eigenvalue weighted by atomic mass is 19.3. The van der Waals surface area contributed by atoms with Crippen LogP contribution in [-0.2, 0) is 9.53 Å². The van der Waals surface area contributed by atoms with Crippen molar-refractivity contribution in [1.82, 2.24) is 30.2 Å². The van der Waals surface area contributed by atoms with E-state index in [2.05, 4.69) is 25.6 Å². The topological polar surface area (TPSA) is 106 Å². The maximum Gasteiger partial charge on any atom is 0.296 e. The van der Waals surface area contributed by atoms with Gasteiger partial charge in [-0.1, -0.05) is 12.1 Å². The Bertz CT molecular complexity index is 1340. The Labute approximate surface area is 229 Å². The zero-order valence-corrected chi connectivity index (χ0v) is 21.9. The third-order valence-electron chi connectivity index (χ3n) is 7.68. The summed E-state index contributed by atoms with van der Waals surface area (Å²) in [5, 5.41) is 5.95. The quantitative estimate of drug-likeness (QED) is 0.455. The van der Waals surface area contributed by atoms with Crippen LogP contribution in [-0.4, -0.2) is 82.6 Å². The highest BCUT2D eigenvalue weighted by Crippen LogP contribution is 2.31. The van der Waals surface area contributed by atoms with Gasteiger partial charge in [-0.3, -0.25) is 9.36 Å². The Morgan fingerprint density at radius 1 is 1.10 bits per heavy atom. The van der Waals surface area contributed by atoms with E-state index in [1.807, 2.05) is 4.90 Å². The number of aromatic nitrogens is 4. The van der Waals surface area contributed by atoms with Crippen molar-refractivity contribution in [2.75, 3.05) is 37.7 Å². The number of ether oxygens (including phenoxy) is 2. The van der Waals surface area contributed by atoms with Crippen molar-refractivity contribution in [3.05, 3.63) is 36.2 Å². The normalized spacial score (nSPS) is 25.4. The van der Waals surface area contributed by atoms with Crippen molar-refractivity contribution in [3.63, 3.8) is 0 Å². The Balaban J connectivity index is 1.22. The summed E-state index contributed by atoms with van der Waals surface area (Å²) < 4.78 is 54.8. The number of hydrogen-bond donors (Lipinski definition) is 2. The largest absolute Gasteiger partial charge is 0.474 e. The van der Waals surface area contributed by atoms with Gasteiger partial charge in [0.2, 0.25) is 17.7 Å². The van der Waals surface area contributed by atoms with Crippen molar-refractivity contribution in [3.8, 4) is 11.7 Å². The number of hydrogen-bond acceptors (Lipinski definition) is 8. The van der Waals surface area contributed by atoms with Gasteiger partial charge in [0.1, 0.15) is 18.1 Å². The lowest BCUT2D eigenvalue weighted by molar-refractivity contribution is -0.123. The number of imidazole rings is 1. The van der Waals surface area contributed by atoms with Crippen LogP contribution < -0.4 is 20.3 Å². The number of amides is 1. The lowest BCUT2D eigenvalue weighted by atomic mass is 9.92. The van der Waals surface area contributed by atoms with E-state index in [9.17, 15) is 18.0 Å². The number of benzene rings is 1. The van der Waals surface area contributed by atoms with E-state index in [1.165, 1.54) is 4.57 Å². The minimum atomic E-state index is -2.81. The fraction of sp³-hybridized carbons (Fsp3) is 0.556. The Hall–Kier alpha value is -3.45. The fourth-order valence-electron chi connectivity index (χ4n) is 5.60. The van der Waals surface area contributed by atoms with Gasteiger partial charge in [-0.25, -0.2) is 18.2 Å². The van der Waals surface area contributed by atoms with Gasteiger partial charge in [-0.05, 0) is 37.8 Å². The minimum absolute atomic E-state index is 0.0106. The van der Waals surface area contributed by atoms with Gasteiger partial charge in [-0.15, -0.1) is 0 Å². The minimum Gasteiger partial charge on any atom is -0.474 e. The molecule has 2 atom stereocenters. The van der Waals surface area contributed by atoms with E-state index in [-0.39, 0.29) is 36.8 Å². The predicted octanol–water partition coefficient (Wildman–Crippen LogP) is 3.10. The maximum atomic E-state index is 14.1. The number of alkyl halides is 3. The van der Waals surface area contributed by atoms with Crippen LogP contribution in [0.2, 0.25) is 0 Å². The van der Waals surface area contributed by atoms with E-state index in [4.69, 9.17) is 9.47 Å². The van der Waals surface area contributed by atoms with E-state index >= 15 is 0 Å². The van der Waals surface area contributed by atoms with Gasteiger partial charge in [0, 0.05) is 38.2 Å². The molecule has 4 heterocycles. The predicted molar refractivity (Wildman–Crippen MR) is 141 cm³/mol. The molecule has 0 spiro atoms. The zero-order chi connectivity index (χ0) is 27.6. The Kier molecular flexibility index (Phi) is 7.74. The molecule has 1 aromatic carbocycles. The van der Waals surface area contributed by atoms with Crippen molar-refractivity contribution in [1.29, 1.82) is 0 Å². The molecule has 3 fully saturated rings. The monoisotopic (exact) mass is 559 g/mol. The van der Waals surface area contributed by atoms with Gasteiger partial charge in [0.15, 0.2) is 5.82 Å². The molecule has 0 bridgehead atoms. The van der Waals surface area contributed by atoms with Crippen LogP contribution in [0, 0.1) is 0 Å². The third-order valence-corrected chi connectivity index (χ3v) is 7.68. The number of rotatable bonds is 7. The molecule has 214 valence electrons. The fourth-order valence-corrected chi connectivity index (χ4v) is 5.60. The summed E-state index contributed by atoms with van der Waals surface area (Å²) in [6.07, 6.45) is -0.991. The van der Waals surface area contributed by atoms with Gasteiger partial charge in [-0.2, -0.15) is 9.97 Å². The van der Waals surface area contributed by atoms with Crippen LogP contribution in [0.25, 0.3) is 16.9 Å². The summed E-state index contributed by atoms with van der Waals surface area (Å²) in [7, 11) is 0. The van der Waals surface area contributed by atoms with E-state index in [1.54, 1.807) is 30.3 Å².